The highest BCUT2D eigenvalue weighted by Gasteiger charge is 2.19. The SMILES string of the molecule is CC(=O)c1cc(C(=O)N(CCO)Cc2nccs2)cs1. The lowest BCUT2D eigenvalue weighted by Crippen LogP contribution is -2.32. The van der Waals surface area contributed by atoms with Gasteiger partial charge in [-0.2, -0.15) is 0 Å². The second-order valence-corrected chi connectivity index (χ2v) is 6.02. The molecular formula is C13H14N2O3S2. The Labute approximate surface area is 124 Å². The van der Waals surface area contributed by atoms with Crippen LogP contribution < -0.4 is 0 Å². The van der Waals surface area contributed by atoms with Crippen LogP contribution >= 0.6 is 22.7 Å². The maximum atomic E-state index is 12.4. The van der Waals surface area contributed by atoms with Gasteiger partial charge in [0.2, 0.25) is 0 Å². The van der Waals surface area contributed by atoms with Crippen LogP contribution in [0.1, 0.15) is 32.0 Å². The van der Waals surface area contributed by atoms with E-state index in [4.69, 9.17) is 5.11 Å². The maximum absolute atomic E-state index is 12.4. The fraction of sp³-hybridized carbons (Fsp3) is 0.308. The van der Waals surface area contributed by atoms with Crippen molar-refractivity contribution in [2.45, 2.75) is 13.5 Å². The number of aliphatic hydroxyl groups is 1. The van der Waals surface area contributed by atoms with Gasteiger partial charge in [-0.1, -0.05) is 0 Å². The third-order valence-corrected chi connectivity index (χ3v) is 4.46. The molecule has 2 aromatic heterocycles. The summed E-state index contributed by atoms with van der Waals surface area (Å²) < 4.78 is 0. The third-order valence-electron chi connectivity index (χ3n) is 2.66. The number of aromatic nitrogens is 1. The largest absolute Gasteiger partial charge is 0.395 e. The van der Waals surface area contributed by atoms with Crippen LogP contribution in [0, 0.1) is 0 Å². The van der Waals surface area contributed by atoms with Crippen LogP contribution in [0.25, 0.3) is 0 Å². The van der Waals surface area contributed by atoms with Crippen LogP contribution in [0.2, 0.25) is 0 Å². The summed E-state index contributed by atoms with van der Waals surface area (Å²) in [4.78, 5) is 29.9. The van der Waals surface area contributed by atoms with Crippen LogP contribution in [0.5, 0.6) is 0 Å². The number of carbonyl (C=O) groups is 2. The van der Waals surface area contributed by atoms with Crippen molar-refractivity contribution in [3.63, 3.8) is 0 Å². The first-order chi connectivity index (χ1) is 9.61. The van der Waals surface area contributed by atoms with Crippen molar-refractivity contribution in [1.82, 2.24) is 9.88 Å². The average molecular weight is 310 g/mol. The van der Waals surface area contributed by atoms with Gasteiger partial charge in [-0.25, -0.2) is 4.98 Å². The Morgan fingerprint density at radius 2 is 2.20 bits per heavy atom. The third kappa shape index (κ3) is 3.50. The highest BCUT2D eigenvalue weighted by atomic mass is 32.1. The number of Topliss-reactive ketones (excluding diaryl/α,β-unsaturated/α-hetero) is 1. The first-order valence-electron chi connectivity index (χ1n) is 5.99. The molecule has 20 heavy (non-hydrogen) atoms. The summed E-state index contributed by atoms with van der Waals surface area (Å²) in [6, 6.07) is 1.60. The Morgan fingerprint density at radius 1 is 1.40 bits per heavy atom. The van der Waals surface area contributed by atoms with E-state index in [9.17, 15) is 9.59 Å². The number of amides is 1. The van der Waals surface area contributed by atoms with E-state index < -0.39 is 0 Å². The van der Waals surface area contributed by atoms with Crippen LogP contribution in [-0.4, -0.2) is 39.8 Å². The number of ketones is 1. The molecule has 0 aliphatic rings. The van der Waals surface area contributed by atoms with Crippen molar-refractivity contribution < 1.29 is 14.7 Å². The molecule has 0 aliphatic heterocycles. The van der Waals surface area contributed by atoms with Gasteiger partial charge in [-0.05, 0) is 13.0 Å². The van der Waals surface area contributed by atoms with Crippen LogP contribution in [0.4, 0.5) is 0 Å². The molecule has 2 rings (SSSR count). The summed E-state index contributed by atoms with van der Waals surface area (Å²) in [6.45, 7) is 1.97. The first-order valence-corrected chi connectivity index (χ1v) is 7.75. The Kier molecular flexibility index (Phi) is 4.99. The van der Waals surface area contributed by atoms with E-state index in [1.54, 1.807) is 17.6 Å². The second-order valence-electron chi connectivity index (χ2n) is 4.13. The molecule has 0 atom stereocenters. The standard InChI is InChI=1S/C13H14N2O3S2/c1-9(17)11-6-10(8-20-11)13(18)15(3-4-16)7-12-14-2-5-19-12/h2,5-6,8,16H,3-4,7H2,1H3. The van der Waals surface area contributed by atoms with Crippen molar-refractivity contribution in [1.29, 1.82) is 0 Å². The summed E-state index contributed by atoms with van der Waals surface area (Å²) in [5.41, 5.74) is 0.477. The van der Waals surface area contributed by atoms with E-state index in [0.717, 1.165) is 5.01 Å². The minimum Gasteiger partial charge on any atom is -0.395 e. The topological polar surface area (TPSA) is 70.5 Å². The van der Waals surface area contributed by atoms with Crippen molar-refractivity contribution in [3.8, 4) is 0 Å². The molecule has 5 nitrogen and oxygen atoms in total. The quantitative estimate of drug-likeness (QED) is 0.829. The maximum Gasteiger partial charge on any atom is 0.255 e. The Bertz CT molecular complexity index is 593. The lowest BCUT2D eigenvalue weighted by atomic mass is 10.2. The summed E-state index contributed by atoms with van der Waals surface area (Å²) in [7, 11) is 0. The zero-order chi connectivity index (χ0) is 14.5. The number of rotatable bonds is 6. The predicted molar refractivity (Wildman–Crippen MR) is 78.3 cm³/mol. The highest BCUT2D eigenvalue weighted by Crippen LogP contribution is 2.18. The zero-order valence-electron chi connectivity index (χ0n) is 10.9. The van der Waals surface area contributed by atoms with Gasteiger partial charge in [-0.15, -0.1) is 22.7 Å². The van der Waals surface area contributed by atoms with Crippen LogP contribution in [0.15, 0.2) is 23.0 Å². The molecule has 1 amide bonds. The van der Waals surface area contributed by atoms with Crippen LogP contribution in [-0.2, 0) is 6.54 Å². The monoisotopic (exact) mass is 310 g/mol. The molecular weight excluding hydrogens is 296 g/mol. The van der Waals surface area contributed by atoms with E-state index in [-0.39, 0.29) is 24.8 Å². The number of thiophene rings is 1. The van der Waals surface area contributed by atoms with Gasteiger partial charge in [0, 0.05) is 23.5 Å². The van der Waals surface area contributed by atoms with Gasteiger partial charge in [-0.3, -0.25) is 9.59 Å². The van der Waals surface area contributed by atoms with Crippen molar-refractivity contribution in [3.05, 3.63) is 38.5 Å². The molecule has 7 heteroatoms. The van der Waals surface area contributed by atoms with Crippen molar-refractivity contribution >= 4 is 34.4 Å². The molecule has 0 unspecified atom stereocenters. The minimum atomic E-state index is -0.196. The lowest BCUT2D eigenvalue weighted by molar-refractivity contribution is 0.0708. The van der Waals surface area contributed by atoms with Crippen molar-refractivity contribution in [2.75, 3.05) is 13.2 Å². The van der Waals surface area contributed by atoms with Crippen LogP contribution in [0.3, 0.4) is 0 Å². The predicted octanol–water partition coefficient (Wildman–Crippen LogP) is 2.04. The van der Waals surface area contributed by atoms with Gasteiger partial charge in [0.05, 0.1) is 23.6 Å². The molecule has 0 aromatic carbocycles. The molecule has 0 saturated carbocycles. The molecule has 0 spiro atoms. The average Bonchev–Trinajstić information content (AvgIpc) is 3.08. The van der Waals surface area contributed by atoms with Gasteiger partial charge in [0.15, 0.2) is 5.78 Å². The number of carbonyl (C=O) groups excluding carboxylic acids is 2. The molecule has 0 fully saturated rings. The molecule has 2 aromatic rings. The molecule has 0 bridgehead atoms. The molecule has 106 valence electrons. The van der Waals surface area contributed by atoms with E-state index in [1.165, 1.54) is 34.5 Å². The highest BCUT2D eigenvalue weighted by molar-refractivity contribution is 7.12. The summed E-state index contributed by atoms with van der Waals surface area (Å²) >= 11 is 2.72. The van der Waals surface area contributed by atoms with Gasteiger partial charge < -0.3 is 10.0 Å². The van der Waals surface area contributed by atoms with E-state index >= 15 is 0 Å². The lowest BCUT2D eigenvalue weighted by Gasteiger charge is -2.19. The molecule has 1 N–H and O–H groups in total. The Hall–Kier alpha value is -1.57. The number of thiazole rings is 1. The Balaban J connectivity index is 2.15. The zero-order valence-corrected chi connectivity index (χ0v) is 12.5. The normalized spacial score (nSPS) is 10.5. The van der Waals surface area contributed by atoms with Crippen molar-refractivity contribution in [2.24, 2.45) is 0 Å². The first kappa shape index (κ1) is 14.8. The minimum absolute atomic E-state index is 0.0531. The fourth-order valence-electron chi connectivity index (χ4n) is 1.68. The summed E-state index contributed by atoms with van der Waals surface area (Å²) in [6.07, 6.45) is 1.68. The molecule has 2 heterocycles. The second kappa shape index (κ2) is 6.74. The number of nitrogens with zero attached hydrogens (tertiary/aromatic N) is 2. The summed E-state index contributed by atoms with van der Waals surface area (Å²) in [5, 5.41) is 13.4. The number of hydrogen-bond acceptors (Lipinski definition) is 6. The smallest absolute Gasteiger partial charge is 0.255 e. The van der Waals surface area contributed by atoms with Gasteiger partial charge in [0.25, 0.3) is 5.91 Å². The molecule has 0 aliphatic carbocycles. The fourth-order valence-corrected chi connectivity index (χ4v) is 3.10. The van der Waals surface area contributed by atoms with Gasteiger partial charge in [0.1, 0.15) is 5.01 Å². The Morgan fingerprint density at radius 3 is 2.75 bits per heavy atom. The summed E-state index contributed by atoms with van der Waals surface area (Å²) in [5.74, 6) is -0.249. The van der Waals surface area contributed by atoms with E-state index in [0.29, 0.717) is 17.0 Å². The van der Waals surface area contributed by atoms with Gasteiger partial charge >= 0.3 is 0 Å². The molecule has 0 saturated heterocycles. The number of aliphatic hydroxyl groups excluding tert-OH is 1. The number of hydrogen-bond donors (Lipinski definition) is 1. The van der Waals surface area contributed by atoms with E-state index in [2.05, 4.69) is 4.98 Å². The molecule has 0 radical (unpaired) electrons. The van der Waals surface area contributed by atoms with E-state index in [1.807, 2.05) is 5.38 Å².